The highest BCUT2D eigenvalue weighted by atomic mass is 16.5. The minimum absolute atomic E-state index is 0.218. The summed E-state index contributed by atoms with van der Waals surface area (Å²) >= 11 is 0. The van der Waals surface area contributed by atoms with Crippen LogP contribution in [0.25, 0.3) is 0 Å². The predicted molar refractivity (Wildman–Crippen MR) is 88.6 cm³/mol. The van der Waals surface area contributed by atoms with Gasteiger partial charge in [-0.2, -0.15) is 0 Å². The summed E-state index contributed by atoms with van der Waals surface area (Å²) in [4.78, 5) is 16.5. The van der Waals surface area contributed by atoms with Crippen molar-refractivity contribution in [3.63, 3.8) is 0 Å². The van der Waals surface area contributed by atoms with Gasteiger partial charge >= 0.3 is 0 Å². The topological polar surface area (TPSA) is 63.2 Å². The Morgan fingerprint density at radius 1 is 1.32 bits per heavy atom. The van der Waals surface area contributed by atoms with Crippen LogP contribution in [-0.4, -0.2) is 24.0 Å². The Balaban J connectivity index is 2.14. The van der Waals surface area contributed by atoms with Crippen LogP contribution in [0.3, 0.4) is 0 Å². The Hall–Kier alpha value is -2.56. The van der Waals surface area contributed by atoms with Crippen LogP contribution in [0, 0.1) is 0 Å². The highest BCUT2D eigenvalue weighted by molar-refractivity contribution is 6.05. The first kappa shape index (κ1) is 15.8. The number of carbonyl (C=O) groups excluding carboxylic acids is 1. The van der Waals surface area contributed by atoms with E-state index >= 15 is 0 Å². The zero-order valence-corrected chi connectivity index (χ0v) is 13.1. The zero-order chi connectivity index (χ0) is 15.9. The van der Waals surface area contributed by atoms with Crippen molar-refractivity contribution in [2.75, 3.05) is 17.7 Å². The summed E-state index contributed by atoms with van der Waals surface area (Å²) in [5.74, 6) is 0.405. The van der Waals surface area contributed by atoms with Gasteiger partial charge in [-0.15, -0.1) is 0 Å². The third-order valence-corrected chi connectivity index (χ3v) is 3.38. The summed E-state index contributed by atoms with van der Waals surface area (Å²) in [7, 11) is 1.57. The normalized spacial score (nSPS) is 11.6. The van der Waals surface area contributed by atoms with Gasteiger partial charge in [0.05, 0.1) is 24.0 Å². The van der Waals surface area contributed by atoms with Crippen LogP contribution in [-0.2, 0) is 0 Å². The summed E-state index contributed by atoms with van der Waals surface area (Å²) in [6.07, 6.45) is 4.26. The van der Waals surface area contributed by atoms with Gasteiger partial charge in [-0.1, -0.05) is 19.1 Å². The van der Waals surface area contributed by atoms with Crippen molar-refractivity contribution in [3.05, 3.63) is 48.3 Å². The Morgan fingerprint density at radius 3 is 2.82 bits per heavy atom. The lowest BCUT2D eigenvalue weighted by molar-refractivity contribution is 0.102. The predicted octanol–water partition coefficient (Wildman–Crippen LogP) is 3.55. The average molecular weight is 299 g/mol. The molecule has 1 aromatic heterocycles. The van der Waals surface area contributed by atoms with Crippen LogP contribution in [0.5, 0.6) is 5.75 Å². The molecule has 2 aromatic rings. The first-order valence-electron chi connectivity index (χ1n) is 7.30. The smallest absolute Gasteiger partial charge is 0.257 e. The van der Waals surface area contributed by atoms with Gasteiger partial charge in [-0.3, -0.25) is 9.78 Å². The number of aromatic nitrogens is 1. The van der Waals surface area contributed by atoms with Crippen molar-refractivity contribution in [2.24, 2.45) is 0 Å². The monoisotopic (exact) mass is 299 g/mol. The molecular weight excluding hydrogens is 278 g/mol. The maximum Gasteiger partial charge on any atom is 0.257 e. The molecule has 0 bridgehead atoms. The Kier molecular flexibility index (Phi) is 5.36. The lowest BCUT2D eigenvalue weighted by Crippen LogP contribution is -2.16. The van der Waals surface area contributed by atoms with Gasteiger partial charge in [0.25, 0.3) is 5.91 Å². The van der Waals surface area contributed by atoms with Crippen molar-refractivity contribution in [1.29, 1.82) is 0 Å². The van der Waals surface area contributed by atoms with Gasteiger partial charge in [-0.25, -0.2) is 0 Å². The molecule has 1 unspecified atom stereocenters. The number of carbonyl (C=O) groups is 1. The highest BCUT2D eigenvalue weighted by Crippen LogP contribution is 2.23. The Labute approximate surface area is 130 Å². The molecule has 1 heterocycles. The average Bonchev–Trinajstić information content (AvgIpc) is 2.55. The van der Waals surface area contributed by atoms with E-state index in [9.17, 15) is 4.79 Å². The second kappa shape index (κ2) is 7.45. The van der Waals surface area contributed by atoms with Gasteiger partial charge in [0.2, 0.25) is 0 Å². The number of nitrogens with zero attached hydrogens (tertiary/aromatic N) is 1. The van der Waals surface area contributed by atoms with E-state index in [1.165, 1.54) is 0 Å². The highest BCUT2D eigenvalue weighted by Gasteiger charge is 2.11. The van der Waals surface area contributed by atoms with E-state index < -0.39 is 0 Å². The molecule has 1 atom stereocenters. The van der Waals surface area contributed by atoms with Gasteiger partial charge < -0.3 is 15.4 Å². The number of rotatable bonds is 6. The summed E-state index contributed by atoms with van der Waals surface area (Å²) < 4.78 is 5.23. The fourth-order valence-electron chi connectivity index (χ4n) is 1.97. The number of ether oxygens (including phenoxy) is 1. The van der Waals surface area contributed by atoms with Crippen LogP contribution in [0.15, 0.2) is 42.7 Å². The maximum atomic E-state index is 12.4. The van der Waals surface area contributed by atoms with Crippen molar-refractivity contribution in [1.82, 2.24) is 4.98 Å². The molecule has 22 heavy (non-hydrogen) atoms. The quantitative estimate of drug-likeness (QED) is 0.856. The van der Waals surface area contributed by atoms with Crippen LogP contribution in [0.2, 0.25) is 0 Å². The molecule has 0 saturated carbocycles. The van der Waals surface area contributed by atoms with E-state index in [2.05, 4.69) is 29.5 Å². The number of benzene rings is 1. The van der Waals surface area contributed by atoms with E-state index in [4.69, 9.17) is 4.74 Å². The molecule has 1 aromatic carbocycles. The molecule has 5 heteroatoms. The number of methoxy groups -OCH3 is 1. The molecule has 2 rings (SSSR count). The molecule has 0 spiro atoms. The van der Waals surface area contributed by atoms with Crippen LogP contribution in [0.1, 0.15) is 30.6 Å². The van der Waals surface area contributed by atoms with Crippen molar-refractivity contribution >= 4 is 17.3 Å². The summed E-state index contributed by atoms with van der Waals surface area (Å²) in [6, 6.07) is 9.42. The number of hydrogen-bond donors (Lipinski definition) is 2. The molecule has 0 fully saturated rings. The van der Waals surface area contributed by atoms with E-state index in [1.54, 1.807) is 37.7 Å². The molecule has 0 saturated heterocycles. The Morgan fingerprint density at radius 2 is 2.09 bits per heavy atom. The number of para-hydroxylation sites is 2. The summed E-state index contributed by atoms with van der Waals surface area (Å²) in [6.45, 7) is 4.19. The number of pyridine rings is 1. The van der Waals surface area contributed by atoms with Crippen LogP contribution < -0.4 is 15.4 Å². The molecular formula is C17H21N3O2. The minimum atomic E-state index is -0.218. The molecule has 0 aliphatic rings. The van der Waals surface area contributed by atoms with Gasteiger partial charge in [-0.05, 0) is 31.5 Å². The van der Waals surface area contributed by atoms with E-state index in [-0.39, 0.29) is 5.91 Å². The standard InChI is InChI=1S/C17H21N3O2/c1-4-12(2)19-14-9-13(10-18-11-14)17(21)20-15-7-5-6-8-16(15)22-3/h5-12,19H,4H2,1-3H3,(H,20,21). The van der Waals surface area contributed by atoms with Crippen molar-refractivity contribution in [2.45, 2.75) is 26.3 Å². The van der Waals surface area contributed by atoms with E-state index in [0.717, 1.165) is 12.1 Å². The van der Waals surface area contributed by atoms with Crippen LogP contribution >= 0.6 is 0 Å². The molecule has 5 nitrogen and oxygen atoms in total. The lowest BCUT2D eigenvalue weighted by Gasteiger charge is -2.14. The number of hydrogen-bond acceptors (Lipinski definition) is 4. The second-order valence-corrected chi connectivity index (χ2v) is 5.07. The van der Waals surface area contributed by atoms with Crippen molar-refractivity contribution < 1.29 is 9.53 Å². The second-order valence-electron chi connectivity index (χ2n) is 5.07. The van der Waals surface area contributed by atoms with E-state index in [0.29, 0.717) is 23.0 Å². The lowest BCUT2D eigenvalue weighted by atomic mass is 10.2. The first-order chi connectivity index (χ1) is 10.6. The van der Waals surface area contributed by atoms with Crippen LogP contribution in [0.4, 0.5) is 11.4 Å². The Bertz CT molecular complexity index is 643. The first-order valence-corrected chi connectivity index (χ1v) is 7.30. The molecule has 1 amide bonds. The van der Waals surface area contributed by atoms with Gasteiger partial charge in [0.1, 0.15) is 5.75 Å². The molecule has 0 aliphatic heterocycles. The molecule has 0 aliphatic carbocycles. The fraction of sp³-hybridized carbons (Fsp3) is 0.294. The zero-order valence-electron chi connectivity index (χ0n) is 13.1. The van der Waals surface area contributed by atoms with Gasteiger partial charge in [0, 0.05) is 18.4 Å². The third-order valence-electron chi connectivity index (χ3n) is 3.38. The number of anilines is 2. The number of amides is 1. The van der Waals surface area contributed by atoms with E-state index in [1.807, 2.05) is 12.1 Å². The molecule has 0 radical (unpaired) electrons. The largest absolute Gasteiger partial charge is 0.495 e. The summed E-state index contributed by atoms with van der Waals surface area (Å²) in [5.41, 5.74) is 1.97. The number of nitrogens with one attached hydrogen (secondary N) is 2. The molecule has 2 N–H and O–H groups in total. The van der Waals surface area contributed by atoms with Gasteiger partial charge in [0.15, 0.2) is 0 Å². The SMILES string of the molecule is CCC(C)Nc1cncc(C(=O)Nc2ccccc2OC)c1. The molecule has 116 valence electrons. The fourth-order valence-corrected chi connectivity index (χ4v) is 1.97. The maximum absolute atomic E-state index is 12.4. The van der Waals surface area contributed by atoms with Crippen molar-refractivity contribution in [3.8, 4) is 5.75 Å². The third kappa shape index (κ3) is 3.97. The summed E-state index contributed by atoms with van der Waals surface area (Å²) in [5, 5.41) is 6.15. The minimum Gasteiger partial charge on any atom is -0.495 e.